The molecule has 0 aliphatic rings. The van der Waals surface area contributed by atoms with Crippen LogP contribution in [0.1, 0.15) is 54.9 Å². The number of nitrogens with zero attached hydrogens (tertiary/aromatic N) is 5. The Morgan fingerprint density at radius 2 is 2.07 bits per heavy atom. The summed E-state index contributed by atoms with van der Waals surface area (Å²) in [5, 5.41) is 17.7. The maximum Gasteiger partial charge on any atom is 0.222 e. The summed E-state index contributed by atoms with van der Waals surface area (Å²) in [6.07, 6.45) is 3.35. The molecule has 0 aliphatic carbocycles. The molecule has 0 unspecified atom stereocenters. The van der Waals surface area contributed by atoms with Crippen LogP contribution in [0, 0.1) is 6.92 Å². The number of nitrogens with one attached hydrogen (secondary N) is 2. The molecule has 0 saturated heterocycles. The third-order valence-electron chi connectivity index (χ3n) is 4.80. The van der Waals surface area contributed by atoms with Gasteiger partial charge >= 0.3 is 0 Å². The number of tetrazole rings is 1. The summed E-state index contributed by atoms with van der Waals surface area (Å²) in [6, 6.07) is 6.36. The van der Waals surface area contributed by atoms with Gasteiger partial charge in [0.1, 0.15) is 11.6 Å². The van der Waals surface area contributed by atoms with E-state index in [0.717, 1.165) is 46.8 Å². The smallest absolute Gasteiger partial charge is 0.222 e. The zero-order chi connectivity index (χ0) is 20.8. The van der Waals surface area contributed by atoms with Crippen molar-refractivity contribution < 1.29 is 4.74 Å². The highest BCUT2D eigenvalue weighted by Gasteiger charge is 2.16. The Balaban J connectivity index is 1.93. The summed E-state index contributed by atoms with van der Waals surface area (Å²) in [6.45, 7) is 6.27. The first-order valence-electron chi connectivity index (χ1n) is 9.77. The lowest BCUT2D eigenvalue weighted by Gasteiger charge is -2.19. The van der Waals surface area contributed by atoms with E-state index in [9.17, 15) is 0 Å². The molecule has 0 spiro atoms. The minimum Gasteiger partial charge on any atom is -0.496 e. The van der Waals surface area contributed by atoms with E-state index < -0.39 is 0 Å². The Bertz CT molecular complexity index is 942. The van der Waals surface area contributed by atoms with Crippen LogP contribution in [0.2, 0.25) is 0 Å². The van der Waals surface area contributed by atoms with Crippen LogP contribution >= 0.6 is 0 Å². The van der Waals surface area contributed by atoms with E-state index in [1.807, 2.05) is 19.1 Å². The maximum atomic E-state index is 5.92. The van der Waals surface area contributed by atoms with Crippen molar-refractivity contribution in [3.63, 3.8) is 0 Å². The van der Waals surface area contributed by atoms with Crippen LogP contribution < -0.4 is 15.8 Å². The van der Waals surface area contributed by atoms with Gasteiger partial charge in [-0.15, -0.1) is 10.2 Å². The zero-order valence-electron chi connectivity index (χ0n) is 17.4. The van der Waals surface area contributed by atoms with Crippen LogP contribution in [0.3, 0.4) is 0 Å². The average Bonchev–Trinajstić information content (AvgIpc) is 3.18. The zero-order valence-corrected chi connectivity index (χ0v) is 17.4. The second kappa shape index (κ2) is 9.31. The lowest BCUT2D eigenvalue weighted by atomic mass is 9.99. The van der Waals surface area contributed by atoms with Crippen molar-refractivity contribution >= 4 is 11.8 Å². The summed E-state index contributed by atoms with van der Waals surface area (Å²) < 4.78 is 5.60. The van der Waals surface area contributed by atoms with E-state index >= 15 is 0 Å². The number of rotatable bonds is 9. The first-order chi connectivity index (χ1) is 14.0. The lowest BCUT2D eigenvalue weighted by molar-refractivity contribution is 0.410. The Kier molecular flexibility index (Phi) is 6.58. The highest BCUT2D eigenvalue weighted by molar-refractivity contribution is 5.53. The fourth-order valence-corrected chi connectivity index (χ4v) is 3.40. The normalized spacial score (nSPS) is 12.0. The fraction of sp³-hybridized carbons (Fsp3) is 0.450. The summed E-state index contributed by atoms with van der Waals surface area (Å²) in [5.74, 6) is 2.51. The van der Waals surface area contributed by atoms with Crippen LogP contribution in [-0.4, -0.2) is 43.7 Å². The second-order valence-electron chi connectivity index (χ2n) is 7.16. The molecule has 0 aliphatic heterocycles. The SMILES string of the molecule is CCC[C@@H](C)Nc1nc(N)nc(C)c1Cc1cc(Cc2nn[nH]n2)ccc1OC. The first-order valence-corrected chi connectivity index (χ1v) is 9.77. The number of aromatic amines is 1. The van der Waals surface area contributed by atoms with Gasteiger partial charge in [0.25, 0.3) is 0 Å². The summed E-state index contributed by atoms with van der Waals surface area (Å²) in [7, 11) is 1.67. The van der Waals surface area contributed by atoms with Crippen LogP contribution in [0.15, 0.2) is 18.2 Å². The highest BCUT2D eigenvalue weighted by Crippen LogP contribution is 2.28. The van der Waals surface area contributed by atoms with E-state index in [0.29, 0.717) is 24.7 Å². The number of aryl methyl sites for hydroxylation is 1. The number of hydrogen-bond acceptors (Lipinski definition) is 8. The minimum absolute atomic E-state index is 0.273. The molecular weight excluding hydrogens is 368 g/mol. The quantitative estimate of drug-likeness (QED) is 0.504. The number of H-pyrrole nitrogens is 1. The predicted octanol–water partition coefficient (Wildman–Crippen LogP) is 2.67. The number of aromatic nitrogens is 6. The van der Waals surface area contributed by atoms with Gasteiger partial charge in [-0.2, -0.15) is 10.2 Å². The van der Waals surface area contributed by atoms with E-state index in [-0.39, 0.29) is 5.95 Å². The number of methoxy groups -OCH3 is 1. The number of nitrogen functional groups attached to an aromatic ring is 1. The van der Waals surface area contributed by atoms with Gasteiger partial charge in [-0.1, -0.05) is 30.7 Å². The summed E-state index contributed by atoms with van der Waals surface area (Å²) in [4.78, 5) is 8.85. The maximum absolute atomic E-state index is 5.92. The number of ether oxygens (including phenoxy) is 1. The molecule has 1 aromatic carbocycles. The van der Waals surface area contributed by atoms with Gasteiger partial charge in [0.05, 0.1) is 7.11 Å². The summed E-state index contributed by atoms with van der Waals surface area (Å²) >= 11 is 0. The molecule has 1 atom stereocenters. The van der Waals surface area contributed by atoms with Crippen molar-refractivity contribution in [2.45, 2.75) is 52.5 Å². The Labute approximate surface area is 170 Å². The van der Waals surface area contributed by atoms with Gasteiger partial charge in [0.2, 0.25) is 5.95 Å². The molecule has 9 heteroatoms. The lowest BCUT2D eigenvalue weighted by Crippen LogP contribution is -2.19. The molecule has 29 heavy (non-hydrogen) atoms. The molecule has 0 amide bonds. The molecule has 0 bridgehead atoms. The third kappa shape index (κ3) is 5.18. The topological polar surface area (TPSA) is 128 Å². The molecule has 2 aromatic heterocycles. The van der Waals surface area contributed by atoms with Crippen LogP contribution in [-0.2, 0) is 12.8 Å². The van der Waals surface area contributed by atoms with Crippen molar-refractivity contribution in [2.24, 2.45) is 0 Å². The van der Waals surface area contributed by atoms with Crippen LogP contribution in [0.4, 0.5) is 11.8 Å². The van der Waals surface area contributed by atoms with Gasteiger partial charge in [0.15, 0.2) is 5.82 Å². The van der Waals surface area contributed by atoms with E-state index in [4.69, 9.17) is 10.5 Å². The molecular formula is C20H28N8O. The van der Waals surface area contributed by atoms with Gasteiger partial charge in [-0.25, -0.2) is 4.98 Å². The average molecular weight is 396 g/mol. The number of benzene rings is 1. The molecule has 3 aromatic rings. The Hall–Kier alpha value is -3.23. The van der Waals surface area contributed by atoms with Gasteiger partial charge < -0.3 is 15.8 Å². The molecule has 3 rings (SSSR count). The Morgan fingerprint density at radius 3 is 2.76 bits per heavy atom. The van der Waals surface area contributed by atoms with Crippen molar-refractivity contribution in [3.05, 3.63) is 46.4 Å². The van der Waals surface area contributed by atoms with Crippen molar-refractivity contribution in [1.29, 1.82) is 0 Å². The third-order valence-corrected chi connectivity index (χ3v) is 4.80. The van der Waals surface area contributed by atoms with E-state index in [1.165, 1.54) is 0 Å². The van der Waals surface area contributed by atoms with E-state index in [2.05, 4.69) is 55.8 Å². The second-order valence-corrected chi connectivity index (χ2v) is 7.16. The van der Waals surface area contributed by atoms with Crippen LogP contribution in [0.5, 0.6) is 5.75 Å². The molecule has 0 fully saturated rings. The molecule has 9 nitrogen and oxygen atoms in total. The standard InChI is InChI=1S/C20H28N8O/c1-5-6-12(2)22-19-16(13(3)23-20(21)24-19)11-15-9-14(7-8-17(15)29-4)10-18-25-27-28-26-18/h7-9,12H,5-6,10-11H2,1-4H3,(H3,21,22,23,24)(H,25,26,27,28)/t12-/m1/s1. The minimum atomic E-state index is 0.273. The number of hydrogen-bond donors (Lipinski definition) is 3. The first kappa shape index (κ1) is 20.5. The van der Waals surface area contributed by atoms with Gasteiger partial charge in [0, 0.05) is 30.1 Å². The number of anilines is 2. The molecule has 4 N–H and O–H groups in total. The van der Waals surface area contributed by atoms with E-state index in [1.54, 1.807) is 7.11 Å². The van der Waals surface area contributed by atoms with Gasteiger partial charge in [-0.3, -0.25) is 0 Å². The van der Waals surface area contributed by atoms with Crippen LogP contribution in [0.25, 0.3) is 0 Å². The van der Waals surface area contributed by atoms with Crippen molar-refractivity contribution in [1.82, 2.24) is 30.6 Å². The number of nitrogens with two attached hydrogens (primary N) is 1. The summed E-state index contributed by atoms with van der Waals surface area (Å²) in [5.41, 5.74) is 9.90. The predicted molar refractivity (Wildman–Crippen MR) is 112 cm³/mol. The highest BCUT2D eigenvalue weighted by atomic mass is 16.5. The van der Waals surface area contributed by atoms with Gasteiger partial charge in [-0.05, 0) is 37.5 Å². The fourth-order valence-electron chi connectivity index (χ4n) is 3.40. The molecule has 2 heterocycles. The largest absolute Gasteiger partial charge is 0.496 e. The molecule has 0 radical (unpaired) electrons. The Morgan fingerprint density at radius 1 is 1.24 bits per heavy atom. The van der Waals surface area contributed by atoms with Crippen molar-refractivity contribution in [3.8, 4) is 5.75 Å². The molecule has 154 valence electrons. The van der Waals surface area contributed by atoms with Crippen molar-refractivity contribution in [2.75, 3.05) is 18.2 Å². The molecule has 0 saturated carbocycles. The monoisotopic (exact) mass is 396 g/mol.